The number of hydrogen-bond donors (Lipinski definition) is 0. The highest BCUT2D eigenvalue weighted by molar-refractivity contribution is 5.78. The molecule has 0 bridgehead atoms. The van der Waals surface area contributed by atoms with Crippen LogP contribution in [0.25, 0.3) is 0 Å². The lowest BCUT2D eigenvalue weighted by molar-refractivity contribution is -0.136. The van der Waals surface area contributed by atoms with Gasteiger partial charge in [-0.15, -0.1) is 0 Å². The van der Waals surface area contributed by atoms with Crippen LogP contribution in [0.3, 0.4) is 0 Å². The molecule has 88 valence electrons. The zero-order valence-corrected chi connectivity index (χ0v) is 10.2. The van der Waals surface area contributed by atoms with Crippen LogP contribution in [-0.4, -0.2) is 37.1 Å². The smallest absolute Gasteiger partial charge is 0.225 e. The molecule has 0 spiro atoms. The maximum absolute atomic E-state index is 11.8. The summed E-state index contributed by atoms with van der Waals surface area (Å²) in [5.41, 5.74) is 0. The van der Waals surface area contributed by atoms with Crippen LogP contribution in [0.5, 0.6) is 0 Å². The molecule has 3 heteroatoms. The first-order chi connectivity index (χ1) is 7.15. The zero-order valence-electron chi connectivity index (χ0n) is 10.2. The molecule has 1 heterocycles. The largest absolute Gasteiger partial charge is 0.381 e. The summed E-state index contributed by atoms with van der Waals surface area (Å²) in [7, 11) is 0. The van der Waals surface area contributed by atoms with Gasteiger partial charge in [0.05, 0.1) is 6.61 Å². The van der Waals surface area contributed by atoms with Crippen molar-refractivity contribution in [2.45, 2.75) is 33.6 Å². The van der Waals surface area contributed by atoms with Crippen molar-refractivity contribution in [2.75, 3.05) is 26.3 Å². The first-order valence-electron chi connectivity index (χ1n) is 6.01. The summed E-state index contributed by atoms with van der Waals surface area (Å²) in [4.78, 5) is 13.8. The van der Waals surface area contributed by atoms with Gasteiger partial charge in [0.2, 0.25) is 5.91 Å². The zero-order chi connectivity index (χ0) is 11.3. The number of carbonyl (C=O) groups is 1. The average Bonchev–Trinajstić information content (AvgIpc) is 2.25. The molecule has 1 aliphatic rings. The molecule has 0 aromatic rings. The van der Waals surface area contributed by atoms with E-state index in [0.717, 1.165) is 32.7 Å². The molecule has 1 rings (SSSR count). The van der Waals surface area contributed by atoms with Crippen molar-refractivity contribution in [3.8, 4) is 0 Å². The first kappa shape index (κ1) is 12.5. The van der Waals surface area contributed by atoms with Crippen LogP contribution in [0.2, 0.25) is 0 Å². The van der Waals surface area contributed by atoms with Gasteiger partial charge in [0.1, 0.15) is 0 Å². The lowest BCUT2D eigenvalue weighted by Crippen LogP contribution is -2.43. The van der Waals surface area contributed by atoms with Crippen molar-refractivity contribution < 1.29 is 9.53 Å². The van der Waals surface area contributed by atoms with Crippen LogP contribution in [0, 0.1) is 11.8 Å². The minimum absolute atomic E-state index is 0.121. The third kappa shape index (κ3) is 3.82. The molecule has 1 atom stereocenters. The van der Waals surface area contributed by atoms with E-state index >= 15 is 0 Å². The van der Waals surface area contributed by atoms with Crippen molar-refractivity contribution in [2.24, 2.45) is 11.8 Å². The van der Waals surface area contributed by atoms with E-state index in [1.165, 1.54) is 6.42 Å². The highest BCUT2D eigenvalue weighted by Gasteiger charge is 2.24. The third-order valence-corrected chi connectivity index (χ3v) is 2.88. The lowest BCUT2D eigenvalue weighted by atomic mass is 9.98. The van der Waals surface area contributed by atoms with Gasteiger partial charge in [0.25, 0.3) is 0 Å². The van der Waals surface area contributed by atoms with E-state index in [9.17, 15) is 4.79 Å². The Morgan fingerprint density at radius 3 is 2.87 bits per heavy atom. The molecule has 15 heavy (non-hydrogen) atoms. The second kappa shape index (κ2) is 6.11. The fourth-order valence-electron chi connectivity index (χ4n) is 2.05. The number of nitrogens with zero attached hydrogens (tertiary/aromatic N) is 1. The van der Waals surface area contributed by atoms with Crippen LogP contribution in [-0.2, 0) is 9.53 Å². The van der Waals surface area contributed by atoms with Crippen molar-refractivity contribution in [1.82, 2.24) is 4.90 Å². The molecule has 0 saturated carbocycles. The Labute approximate surface area is 92.8 Å². The minimum Gasteiger partial charge on any atom is -0.381 e. The van der Waals surface area contributed by atoms with Gasteiger partial charge < -0.3 is 9.64 Å². The standard InChI is InChI=1S/C12H23NO2/c1-4-15-9-11-6-5-7-13(8-11)12(14)10(2)3/h10-11H,4-9H2,1-3H3. The van der Waals surface area contributed by atoms with Gasteiger partial charge in [-0.1, -0.05) is 13.8 Å². The van der Waals surface area contributed by atoms with Gasteiger partial charge in [0.15, 0.2) is 0 Å². The predicted octanol–water partition coefficient (Wildman–Crippen LogP) is 1.92. The molecule has 1 aliphatic heterocycles. The highest BCUT2D eigenvalue weighted by atomic mass is 16.5. The van der Waals surface area contributed by atoms with E-state index in [-0.39, 0.29) is 11.8 Å². The number of hydrogen-bond acceptors (Lipinski definition) is 2. The van der Waals surface area contributed by atoms with Crippen molar-refractivity contribution in [3.63, 3.8) is 0 Å². The minimum atomic E-state index is 0.121. The van der Waals surface area contributed by atoms with Crippen molar-refractivity contribution >= 4 is 5.91 Å². The monoisotopic (exact) mass is 213 g/mol. The Morgan fingerprint density at radius 1 is 1.53 bits per heavy atom. The summed E-state index contributed by atoms with van der Waals surface area (Å²) in [6.07, 6.45) is 2.32. The molecule has 1 fully saturated rings. The van der Waals surface area contributed by atoms with Crippen LogP contribution < -0.4 is 0 Å². The number of rotatable bonds is 4. The molecular formula is C12H23NO2. The second-order valence-electron chi connectivity index (χ2n) is 4.61. The van der Waals surface area contributed by atoms with E-state index in [1.54, 1.807) is 0 Å². The maximum atomic E-state index is 11.8. The molecule has 0 radical (unpaired) electrons. The van der Waals surface area contributed by atoms with Crippen molar-refractivity contribution in [1.29, 1.82) is 0 Å². The Morgan fingerprint density at radius 2 is 2.27 bits per heavy atom. The molecule has 0 aromatic carbocycles. The van der Waals surface area contributed by atoms with Crippen molar-refractivity contribution in [3.05, 3.63) is 0 Å². The normalized spacial score (nSPS) is 22.1. The quantitative estimate of drug-likeness (QED) is 0.714. The van der Waals surface area contributed by atoms with E-state index in [2.05, 4.69) is 0 Å². The Bertz CT molecular complexity index is 204. The van der Waals surface area contributed by atoms with Gasteiger partial charge >= 0.3 is 0 Å². The van der Waals surface area contributed by atoms with Crippen LogP contribution >= 0.6 is 0 Å². The van der Waals surface area contributed by atoms with Gasteiger partial charge in [0, 0.05) is 25.6 Å². The fourth-order valence-corrected chi connectivity index (χ4v) is 2.05. The fraction of sp³-hybridized carbons (Fsp3) is 0.917. The third-order valence-electron chi connectivity index (χ3n) is 2.88. The molecule has 0 N–H and O–H groups in total. The lowest BCUT2D eigenvalue weighted by Gasteiger charge is -2.33. The van der Waals surface area contributed by atoms with Gasteiger partial charge in [-0.2, -0.15) is 0 Å². The summed E-state index contributed by atoms with van der Waals surface area (Å²) in [5, 5.41) is 0. The molecule has 0 aromatic heterocycles. The Balaban J connectivity index is 2.38. The van der Waals surface area contributed by atoms with Gasteiger partial charge in [-0.05, 0) is 25.7 Å². The molecule has 1 amide bonds. The van der Waals surface area contributed by atoms with E-state index < -0.39 is 0 Å². The molecule has 0 aliphatic carbocycles. The summed E-state index contributed by atoms with van der Waals surface area (Å²) in [5.74, 6) is 0.952. The highest BCUT2D eigenvalue weighted by Crippen LogP contribution is 2.18. The Kier molecular flexibility index (Phi) is 5.09. The first-order valence-corrected chi connectivity index (χ1v) is 6.01. The van der Waals surface area contributed by atoms with Crippen LogP contribution in [0.15, 0.2) is 0 Å². The van der Waals surface area contributed by atoms with E-state index in [0.29, 0.717) is 5.92 Å². The number of piperidine rings is 1. The topological polar surface area (TPSA) is 29.5 Å². The number of carbonyl (C=O) groups excluding carboxylic acids is 1. The van der Waals surface area contributed by atoms with Gasteiger partial charge in [-0.3, -0.25) is 4.79 Å². The second-order valence-corrected chi connectivity index (χ2v) is 4.61. The molecular weight excluding hydrogens is 190 g/mol. The SMILES string of the molecule is CCOCC1CCCN(C(=O)C(C)C)C1. The molecule has 1 saturated heterocycles. The van der Waals surface area contributed by atoms with E-state index in [4.69, 9.17) is 4.74 Å². The maximum Gasteiger partial charge on any atom is 0.225 e. The molecule has 1 unspecified atom stereocenters. The summed E-state index contributed by atoms with van der Waals surface area (Å²) >= 11 is 0. The predicted molar refractivity (Wildman–Crippen MR) is 60.6 cm³/mol. The summed E-state index contributed by atoms with van der Waals surface area (Å²) in [6, 6.07) is 0. The summed E-state index contributed by atoms with van der Waals surface area (Å²) in [6.45, 7) is 9.34. The Hall–Kier alpha value is -0.570. The average molecular weight is 213 g/mol. The summed E-state index contributed by atoms with van der Waals surface area (Å²) < 4.78 is 5.42. The van der Waals surface area contributed by atoms with Crippen LogP contribution in [0.1, 0.15) is 33.6 Å². The van der Waals surface area contributed by atoms with Crippen LogP contribution in [0.4, 0.5) is 0 Å². The van der Waals surface area contributed by atoms with Gasteiger partial charge in [-0.25, -0.2) is 0 Å². The molecule has 3 nitrogen and oxygen atoms in total. The number of ether oxygens (including phenoxy) is 1. The van der Waals surface area contributed by atoms with E-state index in [1.807, 2.05) is 25.7 Å². The number of amides is 1. The number of likely N-dealkylation sites (tertiary alicyclic amines) is 1.